The predicted octanol–water partition coefficient (Wildman–Crippen LogP) is 2.56. The summed E-state index contributed by atoms with van der Waals surface area (Å²) in [5.41, 5.74) is 0.916. The van der Waals surface area contributed by atoms with Gasteiger partial charge in [-0.2, -0.15) is 0 Å². The molecule has 1 aromatic heterocycles. The van der Waals surface area contributed by atoms with Crippen molar-refractivity contribution in [3.8, 4) is 0 Å². The van der Waals surface area contributed by atoms with Crippen LogP contribution in [0.3, 0.4) is 0 Å². The van der Waals surface area contributed by atoms with Crippen molar-refractivity contribution in [2.75, 3.05) is 5.32 Å². The van der Waals surface area contributed by atoms with Gasteiger partial charge < -0.3 is 9.88 Å². The molecule has 0 radical (unpaired) electrons. The zero-order valence-electron chi connectivity index (χ0n) is 10.3. The molecule has 0 aliphatic heterocycles. The second-order valence-electron chi connectivity index (χ2n) is 3.94. The van der Waals surface area contributed by atoms with E-state index in [0.29, 0.717) is 6.54 Å². The molecular formula is C12H13FN4O2. The van der Waals surface area contributed by atoms with Crippen molar-refractivity contribution in [3.63, 3.8) is 0 Å². The molecule has 6 nitrogen and oxygen atoms in total. The fourth-order valence-electron chi connectivity index (χ4n) is 1.77. The van der Waals surface area contributed by atoms with Gasteiger partial charge in [-0.25, -0.2) is 9.37 Å². The summed E-state index contributed by atoms with van der Waals surface area (Å²) in [7, 11) is 0. The van der Waals surface area contributed by atoms with Gasteiger partial charge in [-0.05, 0) is 19.1 Å². The molecule has 0 bridgehead atoms. The summed E-state index contributed by atoms with van der Waals surface area (Å²) in [6.07, 6.45) is 3.38. The predicted molar refractivity (Wildman–Crippen MR) is 68.3 cm³/mol. The Hall–Kier alpha value is -2.44. The molecule has 0 saturated heterocycles. The minimum atomic E-state index is -0.629. The number of halogens is 1. The molecule has 2 rings (SSSR count). The minimum Gasteiger partial charge on any atom is -0.374 e. The Kier molecular flexibility index (Phi) is 3.74. The number of nitrogens with one attached hydrogen (secondary N) is 1. The lowest BCUT2D eigenvalue weighted by Gasteiger charge is -2.08. The Morgan fingerprint density at radius 3 is 3.00 bits per heavy atom. The van der Waals surface area contributed by atoms with E-state index < -0.39 is 10.7 Å². The molecule has 0 amide bonds. The van der Waals surface area contributed by atoms with Crippen LogP contribution >= 0.6 is 0 Å². The van der Waals surface area contributed by atoms with Gasteiger partial charge in [0.25, 0.3) is 5.69 Å². The number of aromatic nitrogens is 2. The van der Waals surface area contributed by atoms with Gasteiger partial charge in [-0.1, -0.05) is 0 Å². The number of hydrogen-bond donors (Lipinski definition) is 1. The number of nitro benzene ring substituents is 1. The van der Waals surface area contributed by atoms with E-state index in [-0.39, 0.29) is 11.4 Å². The Balaban J connectivity index is 2.18. The maximum Gasteiger partial charge on any atom is 0.295 e. The number of nitro groups is 1. The van der Waals surface area contributed by atoms with Crippen LogP contribution in [0, 0.1) is 15.9 Å². The number of rotatable bonds is 5. The fraction of sp³-hybridized carbons (Fsp3) is 0.250. The van der Waals surface area contributed by atoms with E-state index in [4.69, 9.17) is 0 Å². The topological polar surface area (TPSA) is 73.0 Å². The molecule has 0 aliphatic carbocycles. The lowest BCUT2D eigenvalue weighted by molar-refractivity contribution is -0.384. The van der Waals surface area contributed by atoms with Gasteiger partial charge in [0.05, 0.1) is 29.6 Å². The van der Waals surface area contributed by atoms with E-state index in [1.165, 1.54) is 12.1 Å². The first-order valence-electron chi connectivity index (χ1n) is 5.78. The molecule has 19 heavy (non-hydrogen) atoms. The normalized spacial score (nSPS) is 10.4. The third-order valence-electron chi connectivity index (χ3n) is 2.76. The Morgan fingerprint density at radius 1 is 1.53 bits per heavy atom. The van der Waals surface area contributed by atoms with Gasteiger partial charge in [-0.3, -0.25) is 10.1 Å². The van der Waals surface area contributed by atoms with Crippen LogP contribution in [-0.4, -0.2) is 14.5 Å². The third kappa shape index (κ3) is 2.87. The Morgan fingerprint density at radius 2 is 2.32 bits per heavy atom. The van der Waals surface area contributed by atoms with Crippen LogP contribution in [0.5, 0.6) is 0 Å². The van der Waals surface area contributed by atoms with Crippen molar-refractivity contribution >= 4 is 11.4 Å². The van der Waals surface area contributed by atoms with Crippen molar-refractivity contribution in [1.82, 2.24) is 9.55 Å². The van der Waals surface area contributed by atoms with Crippen LogP contribution in [0.2, 0.25) is 0 Å². The molecule has 0 aliphatic rings. The number of benzene rings is 1. The minimum absolute atomic E-state index is 0.275. The quantitative estimate of drug-likeness (QED) is 0.665. The maximum atomic E-state index is 13.0. The van der Waals surface area contributed by atoms with Gasteiger partial charge >= 0.3 is 0 Å². The van der Waals surface area contributed by atoms with Gasteiger partial charge in [0.1, 0.15) is 11.5 Å². The first-order valence-corrected chi connectivity index (χ1v) is 5.78. The average Bonchev–Trinajstić information content (AvgIpc) is 2.84. The van der Waals surface area contributed by atoms with Crippen LogP contribution in [0.15, 0.2) is 30.7 Å². The molecule has 1 N–H and O–H groups in total. The lowest BCUT2D eigenvalue weighted by Crippen LogP contribution is -2.07. The van der Waals surface area contributed by atoms with E-state index in [0.717, 1.165) is 18.3 Å². The molecule has 0 atom stereocenters. The van der Waals surface area contributed by atoms with Crippen molar-refractivity contribution in [1.29, 1.82) is 0 Å². The highest BCUT2D eigenvalue weighted by Crippen LogP contribution is 2.25. The number of imidazole rings is 1. The molecule has 7 heteroatoms. The van der Waals surface area contributed by atoms with Crippen LogP contribution in [-0.2, 0) is 13.1 Å². The summed E-state index contributed by atoms with van der Waals surface area (Å²) >= 11 is 0. The maximum absolute atomic E-state index is 13.0. The smallest absolute Gasteiger partial charge is 0.295 e. The first-order chi connectivity index (χ1) is 9.11. The molecule has 0 fully saturated rings. The second-order valence-corrected chi connectivity index (χ2v) is 3.94. The molecule has 1 aromatic carbocycles. The summed E-state index contributed by atoms with van der Waals surface area (Å²) in [6, 6.07) is 3.45. The summed E-state index contributed by atoms with van der Waals surface area (Å²) < 4.78 is 14.9. The van der Waals surface area contributed by atoms with Crippen LogP contribution < -0.4 is 5.32 Å². The molecular weight excluding hydrogens is 251 g/mol. The van der Waals surface area contributed by atoms with Crippen molar-refractivity contribution < 1.29 is 9.31 Å². The van der Waals surface area contributed by atoms with Crippen molar-refractivity contribution in [3.05, 3.63) is 52.3 Å². The van der Waals surface area contributed by atoms with E-state index in [1.54, 1.807) is 12.5 Å². The van der Waals surface area contributed by atoms with Crippen molar-refractivity contribution in [2.45, 2.75) is 20.0 Å². The number of aryl methyl sites for hydroxylation is 1. The zero-order chi connectivity index (χ0) is 13.8. The highest BCUT2D eigenvalue weighted by molar-refractivity contribution is 5.61. The average molecular weight is 264 g/mol. The first kappa shape index (κ1) is 13.0. The molecule has 0 spiro atoms. The van der Waals surface area contributed by atoms with Crippen LogP contribution in [0.4, 0.5) is 15.8 Å². The fourth-order valence-corrected chi connectivity index (χ4v) is 1.77. The second kappa shape index (κ2) is 5.47. The van der Waals surface area contributed by atoms with Gasteiger partial charge in [0.2, 0.25) is 0 Å². The van der Waals surface area contributed by atoms with E-state index in [1.807, 2.05) is 11.5 Å². The van der Waals surface area contributed by atoms with Crippen molar-refractivity contribution in [2.24, 2.45) is 0 Å². The Labute approximate surface area is 109 Å². The molecule has 1 heterocycles. The summed E-state index contributed by atoms with van der Waals surface area (Å²) in [6.45, 7) is 3.13. The van der Waals surface area contributed by atoms with E-state index >= 15 is 0 Å². The third-order valence-corrected chi connectivity index (χ3v) is 2.76. The SMILES string of the molecule is CCn1cncc1CNc1ccc(F)cc1[N+](=O)[O-]. The largest absolute Gasteiger partial charge is 0.374 e. The number of hydrogen-bond acceptors (Lipinski definition) is 4. The lowest BCUT2D eigenvalue weighted by atomic mass is 10.2. The van der Waals surface area contributed by atoms with E-state index in [2.05, 4.69) is 10.3 Å². The molecule has 0 saturated carbocycles. The van der Waals surface area contributed by atoms with Crippen LogP contribution in [0.1, 0.15) is 12.6 Å². The summed E-state index contributed by atoms with van der Waals surface area (Å²) in [5, 5.41) is 13.8. The highest BCUT2D eigenvalue weighted by Gasteiger charge is 2.14. The number of anilines is 1. The summed E-state index contributed by atoms with van der Waals surface area (Å²) in [5.74, 6) is -0.629. The molecule has 0 unspecified atom stereocenters. The summed E-state index contributed by atoms with van der Waals surface area (Å²) in [4.78, 5) is 14.2. The zero-order valence-corrected chi connectivity index (χ0v) is 10.3. The van der Waals surface area contributed by atoms with Crippen LogP contribution in [0.25, 0.3) is 0 Å². The van der Waals surface area contributed by atoms with E-state index in [9.17, 15) is 14.5 Å². The van der Waals surface area contributed by atoms with Gasteiger partial charge in [0.15, 0.2) is 0 Å². The standard InChI is InChI=1S/C12H13FN4O2/c1-2-16-8-14-6-10(16)7-15-11-4-3-9(13)5-12(11)17(18)19/h3-6,8,15H,2,7H2,1H3. The van der Waals surface area contributed by atoms with Gasteiger partial charge in [0, 0.05) is 12.7 Å². The molecule has 100 valence electrons. The highest BCUT2D eigenvalue weighted by atomic mass is 19.1. The monoisotopic (exact) mass is 264 g/mol. The molecule has 2 aromatic rings. The number of nitrogens with zero attached hydrogens (tertiary/aromatic N) is 3. The van der Waals surface area contributed by atoms with Gasteiger partial charge in [-0.15, -0.1) is 0 Å². The Bertz CT molecular complexity index is 597.